The Kier molecular flexibility index (Phi) is 2.18. The molecule has 1 N–H and O–H groups in total. The van der Waals surface area contributed by atoms with Crippen LogP contribution in [0.3, 0.4) is 0 Å². The van der Waals surface area contributed by atoms with E-state index in [0.717, 1.165) is 15.6 Å². The van der Waals surface area contributed by atoms with Gasteiger partial charge in [-0.25, -0.2) is 0 Å². The summed E-state index contributed by atoms with van der Waals surface area (Å²) in [5.74, 6) is 0.370. The third kappa shape index (κ3) is 1.40. The molecule has 0 unspecified atom stereocenters. The van der Waals surface area contributed by atoms with E-state index in [1.54, 1.807) is 0 Å². The minimum absolute atomic E-state index is 0.343. The lowest BCUT2D eigenvalue weighted by Gasteiger charge is -1.95. The molecule has 1 heterocycles. The van der Waals surface area contributed by atoms with Gasteiger partial charge in [-0.2, -0.15) is 0 Å². The molecule has 68 valence electrons. The molecule has 0 radical (unpaired) electrons. The molecule has 0 saturated heterocycles. The fraction of sp³-hybridized carbons (Fsp3) is 0.200. The van der Waals surface area contributed by atoms with Crippen molar-refractivity contribution in [3.8, 4) is 5.06 Å². The summed E-state index contributed by atoms with van der Waals surface area (Å²) in [6, 6.07) is 6.12. The Morgan fingerprint density at radius 2 is 2.23 bits per heavy atom. The van der Waals surface area contributed by atoms with Crippen LogP contribution in [-0.4, -0.2) is 5.11 Å². The van der Waals surface area contributed by atoms with Crippen molar-refractivity contribution in [2.75, 3.05) is 0 Å². The lowest BCUT2D eigenvalue weighted by Crippen LogP contribution is -1.75. The first-order valence-electron chi connectivity index (χ1n) is 3.99. The van der Waals surface area contributed by atoms with Crippen LogP contribution in [0.4, 0.5) is 0 Å². The van der Waals surface area contributed by atoms with E-state index < -0.39 is 0 Å². The highest BCUT2D eigenvalue weighted by Gasteiger charge is 2.09. The van der Waals surface area contributed by atoms with Gasteiger partial charge in [0.2, 0.25) is 0 Å². The van der Waals surface area contributed by atoms with Crippen molar-refractivity contribution in [1.29, 1.82) is 0 Å². The Morgan fingerprint density at radius 1 is 1.46 bits per heavy atom. The number of aromatic hydroxyl groups is 1. The SMILES string of the molecule is Cc1ccc2sc(O)c(CCl)c2c1. The van der Waals surface area contributed by atoms with Crippen molar-refractivity contribution >= 4 is 33.0 Å². The van der Waals surface area contributed by atoms with Crippen LogP contribution in [0.2, 0.25) is 0 Å². The van der Waals surface area contributed by atoms with Gasteiger partial charge in [0, 0.05) is 15.6 Å². The predicted octanol–water partition coefficient (Wildman–Crippen LogP) is 3.65. The van der Waals surface area contributed by atoms with Gasteiger partial charge in [0.05, 0.1) is 5.88 Å². The molecule has 0 aliphatic carbocycles. The number of aryl methyl sites for hydroxylation is 1. The third-order valence-electron chi connectivity index (χ3n) is 2.06. The van der Waals surface area contributed by atoms with Gasteiger partial charge in [-0.05, 0) is 13.0 Å². The van der Waals surface area contributed by atoms with Crippen molar-refractivity contribution in [1.82, 2.24) is 0 Å². The maximum absolute atomic E-state index is 9.56. The first-order valence-corrected chi connectivity index (χ1v) is 5.34. The highest BCUT2D eigenvalue weighted by molar-refractivity contribution is 7.20. The highest BCUT2D eigenvalue weighted by atomic mass is 35.5. The molecule has 0 amide bonds. The van der Waals surface area contributed by atoms with Gasteiger partial charge in [-0.15, -0.1) is 11.6 Å². The summed E-state index contributed by atoms with van der Waals surface area (Å²) in [4.78, 5) is 0. The number of alkyl halides is 1. The Hall–Kier alpha value is -0.730. The summed E-state index contributed by atoms with van der Waals surface area (Å²) in [7, 11) is 0. The van der Waals surface area contributed by atoms with E-state index in [1.807, 2.05) is 19.1 Å². The number of fused-ring (bicyclic) bond motifs is 1. The van der Waals surface area contributed by atoms with Crippen molar-refractivity contribution in [3.05, 3.63) is 29.3 Å². The van der Waals surface area contributed by atoms with Crippen LogP contribution in [-0.2, 0) is 5.88 Å². The third-order valence-corrected chi connectivity index (χ3v) is 3.34. The van der Waals surface area contributed by atoms with E-state index >= 15 is 0 Å². The molecule has 1 nitrogen and oxygen atoms in total. The number of benzene rings is 1. The molecule has 1 aromatic heterocycles. The van der Waals surface area contributed by atoms with Gasteiger partial charge < -0.3 is 5.11 Å². The van der Waals surface area contributed by atoms with Crippen molar-refractivity contribution in [2.45, 2.75) is 12.8 Å². The molecule has 2 rings (SSSR count). The maximum atomic E-state index is 9.56. The monoisotopic (exact) mass is 212 g/mol. The van der Waals surface area contributed by atoms with Crippen molar-refractivity contribution in [2.24, 2.45) is 0 Å². The number of hydrogen-bond acceptors (Lipinski definition) is 2. The average molecular weight is 213 g/mol. The summed E-state index contributed by atoms with van der Waals surface area (Å²) in [5, 5.41) is 11.0. The van der Waals surface area contributed by atoms with Crippen LogP contribution in [0, 0.1) is 6.92 Å². The van der Waals surface area contributed by atoms with Gasteiger partial charge in [0.15, 0.2) is 5.06 Å². The summed E-state index contributed by atoms with van der Waals surface area (Å²) >= 11 is 7.13. The average Bonchev–Trinajstić information content (AvgIpc) is 2.40. The zero-order chi connectivity index (χ0) is 9.42. The Bertz CT molecular complexity index is 447. The molecule has 0 aliphatic rings. The molecule has 0 fully saturated rings. The number of rotatable bonds is 1. The number of halogens is 1. The molecule has 0 spiro atoms. The first kappa shape index (κ1) is 8.85. The van der Waals surface area contributed by atoms with E-state index in [1.165, 1.54) is 16.9 Å². The van der Waals surface area contributed by atoms with Gasteiger partial charge in [0.25, 0.3) is 0 Å². The first-order chi connectivity index (χ1) is 6.22. The Labute approximate surface area is 85.6 Å². The zero-order valence-electron chi connectivity index (χ0n) is 7.17. The topological polar surface area (TPSA) is 20.2 Å². The van der Waals surface area contributed by atoms with E-state index in [4.69, 9.17) is 11.6 Å². The van der Waals surface area contributed by atoms with Crippen LogP contribution in [0.15, 0.2) is 18.2 Å². The molecule has 0 aliphatic heterocycles. The predicted molar refractivity (Wildman–Crippen MR) is 57.8 cm³/mol. The normalized spacial score (nSPS) is 10.9. The summed E-state index contributed by atoms with van der Waals surface area (Å²) in [5.41, 5.74) is 2.04. The summed E-state index contributed by atoms with van der Waals surface area (Å²) in [6.45, 7) is 2.03. The lowest BCUT2D eigenvalue weighted by atomic mass is 10.1. The maximum Gasteiger partial charge on any atom is 0.176 e. The zero-order valence-corrected chi connectivity index (χ0v) is 8.75. The molecular weight excluding hydrogens is 204 g/mol. The Morgan fingerprint density at radius 3 is 2.92 bits per heavy atom. The van der Waals surface area contributed by atoms with E-state index in [2.05, 4.69) is 6.07 Å². The van der Waals surface area contributed by atoms with Crippen LogP contribution in [0.5, 0.6) is 5.06 Å². The minimum atomic E-state index is 0.343. The van der Waals surface area contributed by atoms with Crippen LogP contribution in [0.1, 0.15) is 11.1 Å². The van der Waals surface area contributed by atoms with Crippen LogP contribution >= 0.6 is 22.9 Å². The van der Waals surface area contributed by atoms with Gasteiger partial charge >= 0.3 is 0 Å². The van der Waals surface area contributed by atoms with Crippen LogP contribution in [0.25, 0.3) is 10.1 Å². The lowest BCUT2D eigenvalue weighted by molar-refractivity contribution is 0.487. The standard InChI is InChI=1S/C10H9ClOS/c1-6-2-3-9-7(4-6)8(5-11)10(12)13-9/h2-4,12H,5H2,1H3. The molecule has 0 atom stereocenters. The second kappa shape index (κ2) is 3.20. The van der Waals surface area contributed by atoms with Crippen molar-refractivity contribution in [3.63, 3.8) is 0 Å². The van der Waals surface area contributed by atoms with E-state index in [-0.39, 0.29) is 0 Å². The molecule has 2 aromatic rings. The number of thiophene rings is 1. The summed E-state index contributed by atoms with van der Waals surface area (Å²) in [6.07, 6.45) is 0. The number of hydrogen-bond donors (Lipinski definition) is 1. The second-order valence-electron chi connectivity index (χ2n) is 3.02. The largest absolute Gasteiger partial charge is 0.499 e. The van der Waals surface area contributed by atoms with Gasteiger partial charge in [-0.3, -0.25) is 0 Å². The minimum Gasteiger partial charge on any atom is -0.499 e. The molecular formula is C10H9ClOS. The summed E-state index contributed by atoms with van der Waals surface area (Å²) < 4.78 is 1.10. The molecule has 3 heteroatoms. The van der Waals surface area contributed by atoms with E-state index in [9.17, 15) is 5.11 Å². The van der Waals surface area contributed by atoms with E-state index in [0.29, 0.717) is 10.9 Å². The smallest absolute Gasteiger partial charge is 0.176 e. The quantitative estimate of drug-likeness (QED) is 0.716. The van der Waals surface area contributed by atoms with Gasteiger partial charge in [0.1, 0.15) is 0 Å². The molecule has 0 bridgehead atoms. The molecule has 0 saturated carbocycles. The fourth-order valence-corrected chi connectivity index (χ4v) is 2.67. The van der Waals surface area contributed by atoms with Crippen molar-refractivity contribution < 1.29 is 5.11 Å². The van der Waals surface area contributed by atoms with Gasteiger partial charge in [-0.1, -0.05) is 29.0 Å². The second-order valence-corrected chi connectivity index (χ2v) is 4.32. The Balaban J connectivity index is 2.80. The highest BCUT2D eigenvalue weighted by Crippen LogP contribution is 2.37. The molecule has 1 aromatic carbocycles. The molecule has 13 heavy (non-hydrogen) atoms. The van der Waals surface area contributed by atoms with Crippen LogP contribution < -0.4 is 0 Å². The fourth-order valence-electron chi connectivity index (χ4n) is 1.38.